The molecule has 149 heavy (non-hydrogen) atoms. The maximum absolute atomic E-state index is 6.69. The fourth-order valence-corrected chi connectivity index (χ4v) is 16.5. The van der Waals surface area contributed by atoms with Gasteiger partial charge < -0.3 is 34.0 Å². The summed E-state index contributed by atoms with van der Waals surface area (Å²) in [7, 11) is 13.5. The van der Waals surface area contributed by atoms with Gasteiger partial charge in [0.1, 0.15) is 23.4 Å². The maximum atomic E-state index is 6.69. The van der Waals surface area contributed by atoms with Crippen molar-refractivity contribution in [1.82, 2.24) is 73.4 Å². The van der Waals surface area contributed by atoms with Gasteiger partial charge >= 0.3 is 104 Å². The molecule has 0 atom stereocenters. The average molecular weight is 2370 g/mol. The van der Waals surface area contributed by atoms with Crippen molar-refractivity contribution in [1.29, 1.82) is 0 Å². The third-order valence-electron chi connectivity index (χ3n) is 23.2. The fourth-order valence-electron chi connectivity index (χ4n) is 16.5. The molecule has 0 N–H and O–H groups in total. The van der Waals surface area contributed by atoms with E-state index in [-0.39, 0.29) is 20.4 Å². The van der Waals surface area contributed by atoms with Crippen molar-refractivity contribution in [3.05, 3.63) is 509 Å². The number of aromatic nitrogens is 15. The predicted molar refractivity (Wildman–Crippen MR) is 575 cm³/mol. The van der Waals surface area contributed by atoms with Crippen LogP contribution in [0.2, 0.25) is 0 Å². The molecule has 0 amide bonds. The van der Waals surface area contributed by atoms with Gasteiger partial charge in [-0.25, -0.2) is 29.9 Å². The molecular formula is C122H82Cl3N15O5Pd4. The van der Waals surface area contributed by atoms with Crippen LogP contribution < -0.4 is 14.2 Å². The van der Waals surface area contributed by atoms with Gasteiger partial charge in [-0.1, -0.05) is 277 Å². The summed E-state index contributed by atoms with van der Waals surface area (Å²) in [4.78, 5) is 26.7. The second-order valence-corrected chi connectivity index (χ2v) is 32.7. The van der Waals surface area contributed by atoms with Gasteiger partial charge in [0.25, 0.3) is 0 Å². The summed E-state index contributed by atoms with van der Waals surface area (Å²) in [6.45, 7) is 3.96. The Bertz CT molecular complexity index is 8590. The second kappa shape index (κ2) is 51.7. The Labute approximate surface area is 918 Å². The van der Waals surface area contributed by atoms with Crippen molar-refractivity contribution in [2.45, 2.75) is 13.8 Å². The smallest absolute Gasteiger partial charge is 0.466 e. The molecule has 0 aliphatic heterocycles. The van der Waals surface area contributed by atoms with Crippen LogP contribution in [0.1, 0.15) is 28.1 Å². The van der Waals surface area contributed by atoms with Gasteiger partial charge in [-0.05, 0) is 130 Å². The molecule has 0 aliphatic rings. The summed E-state index contributed by atoms with van der Waals surface area (Å²) in [5, 5.41) is 24.1. The number of nitrogens with zero attached hydrogens (tertiary/aromatic N) is 15. The van der Waals surface area contributed by atoms with Crippen molar-refractivity contribution in [3.63, 3.8) is 0 Å². The Kier molecular flexibility index (Phi) is 36.1. The number of benzene rings is 13. The standard InChI is InChI=1S/C34H23N4.C29H19N4O2.C26H16N3O.C25H19N4O2.C8H5.3ClH.4Pd/c1-2-8-25(9-3-1)13-14-26-15-17-27(18-16-26)28-22-29(37-21-7-20-36-37)24-30(23-28)38-33-12-5-4-10-31(33)32-11-6-19-35-34(32)38;1-3-9-21(10-4-1)24-18-32-33(20-24)25-15-23(16-26(17-25)34-28-13-7-8-14-30-28)27-19-31-29(35-27)22-11-5-2-6-12-22;1-2-8-18(9-3-1)23-17-28-29-24-16-19(30-25-12-6-7-15-27-25)13-14-21(24)20-10-4-5-11-22(20)26(23)29;1-17-12-18(2)29(28-17)21-13-20(14-22(15-21)31-24-10-6-7-11-26-24)25-27-23(16-30-25)19-8-4-3-5-9-19;1-2-8-6-4-3-5-7-8;;;;;;;/h1-23H;1-16,18-20H;1-15,17H;3-14,16H,1-2H3;3-7H;3*1H;;;;/q5*-1;;;;4*+2/p-3/b14-13+;;;;;;;;;;;. The van der Waals surface area contributed by atoms with Crippen LogP contribution in [0.25, 0.3) is 163 Å². The molecule has 0 aliphatic carbocycles. The van der Waals surface area contributed by atoms with Crippen LogP contribution in [-0.4, -0.2) is 73.4 Å². The molecule has 20 nitrogen and oxygen atoms in total. The Morgan fingerprint density at radius 3 is 1.52 bits per heavy atom. The van der Waals surface area contributed by atoms with Crippen molar-refractivity contribution in [2.24, 2.45) is 0 Å². The number of hydrogen-bond acceptors (Lipinski definition) is 15. The number of fused-ring (bicyclic) bond motifs is 9. The van der Waals surface area contributed by atoms with Crippen molar-refractivity contribution < 1.29 is 98.0 Å². The zero-order valence-corrected chi connectivity index (χ0v) is 87.5. The first kappa shape index (κ1) is 104. The van der Waals surface area contributed by atoms with E-state index in [2.05, 4.69) is 316 Å². The van der Waals surface area contributed by atoms with Gasteiger partial charge in [-0.15, -0.1) is 95.4 Å². The molecule has 13 aromatic carbocycles. The zero-order chi connectivity index (χ0) is 102. The van der Waals surface area contributed by atoms with E-state index in [4.69, 9.17) is 39.6 Å². The summed E-state index contributed by atoms with van der Waals surface area (Å²) in [6, 6.07) is 140. The number of hydrogen-bond donors (Lipinski definition) is 0. The second-order valence-electron chi connectivity index (χ2n) is 32.7. The summed E-state index contributed by atoms with van der Waals surface area (Å²) in [5.41, 5.74) is 23.0. The van der Waals surface area contributed by atoms with E-state index in [1.54, 1.807) is 54.1 Å². The maximum Gasteiger partial charge on any atom is 2.00 e. The molecule has 0 unspecified atom stereocenters. The van der Waals surface area contributed by atoms with Gasteiger partial charge in [0.05, 0.1) is 35.3 Å². The van der Waals surface area contributed by atoms with E-state index >= 15 is 0 Å². The van der Waals surface area contributed by atoms with E-state index in [1.807, 2.05) is 283 Å². The normalized spacial score (nSPS) is 10.6. The minimum atomic E-state index is 0. The first-order valence-corrected chi connectivity index (χ1v) is 52.1. The van der Waals surface area contributed by atoms with Crippen LogP contribution in [-0.2, 0) is 75.0 Å². The summed E-state index contributed by atoms with van der Waals surface area (Å²) >= 11 is 6.67. The number of pyridine rings is 5. The molecule has 736 valence electrons. The summed E-state index contributed by atoms with van der Waals surface area (Å²) in [5.74, 6) is 7.01. The molecule has 12 aromatic heterocycles. The fraction of sp³-hybridized carbons (Fsp3) is 0.0164. The molecule has 0 radical (unpaired) electrons. The van der Waals surface area contributed by atoms with E-state index < -0.39 is 0 Å². The largest absolute Gasteiger partial charge is 2.00 e. The molecule has 0 fully saturated rings. The van der Waals surface area contributed by atoms with Crippen molar-refractivity contribution in [3.8, 4) is 142 Å². The Morgan fingerprint density at radius 1 is 0.376 bits per heavy atom. The van der Waals surface area contributed by atoms with Crippen LogP contribution in [0.3, 0.4) is 0 Å². The molecule has 25 aromatic rings. The summed E-state index contributed by atoms with van der Waals surface area (Å²) in [6.07, 6.45) is 30.7. The van der Waals surface area contributed by atoms with Gasteiger partial charge in [0.2, 0.25) is 29.4 Å². The molecular weight excluding hydrogens is 2290 g/mol. The Hall–Kier alpha value is -16.3. The predicted octanol–water partition coefficient (Wildman–Crippen LogP) is 30.6. The Balaban J connectivity index is 0.000000130. The van der Waals surface area contributed by atoms with Crippen LogP contribution in [0.5, 0.6) is 34.9 Å². The average Bonchev–Trinajstić information content (AvgIpc) is 1.61. The van der Waals surface area contributed by atoms with E-state index in [0.717, 1.165) is 139 Å². The van der Waals surface area contributed by atoms with Crippen LogP contribution >= 0.6 is 28.6 Å². The number of oxazole rings is 2. The van der Waals surface area contributed by atoms with Crippen LogP contribution in [0.15, 0.2) is 459 Å². The molecule has 0 bridgehead atoms. The first-order chi connectivity index (χ1) is 73.1. The number of para-hydroxylation sites is 1. The molecule has 0 spiro atoms. The van der Waals surface area contributed by atoms with Crippen LogP contribution in [0, 0.1) is 50.5 Å². The monoisotopic (exact) mass is 2370 g/mol. The SMILES string of the molecule is Cc1cc(C)n(-c2[c-]c(Oc3ccccn3)cc(-c3nc(-c4ccccc4)co3)c2)n1.[C-]#Cc1ccccc1.[Cl][Pd+].[Cl][Pd+].[Cl][Pd+].[Pd+2].[c-]1c(-n2cccn2)cc(-c2ccc(/C=C/c3ccccc3)cc2)cc1-n1c2ccccc2c2cccnc21.[c-]1c(Oc2ccccn2)cc(-c2cnc(-c3ccccc3)o2)cc1-n1cc(-c2ccccc2)cn1.[c-]1c(Oc2ccccn2)ccc2c3ccccc3c3c(-c4ccccc4)cnn3c12. The minimum absolute atomic E-state index is 0. The van der Waals surface area contributed by atoms with Gasteiger partial charge in [0, 0.05) is 118 Å². The molecule has 0 saturated heterocycles. The third-order valence-corrected chi connectivity index (χ3v) is 23.2. The topological polar surface area (TPSA) is 207 Å². The summed E-state index contributed by atoms with van der Waals surface area (Å²) < 4.78 is 39.4. The van der Waals surface area contributed by atoms with Crippen LogP contribution in [0.4, 0.5) is 0 Å². The van der Waals surface area contributed by atoms with Gasteiger partial charge in [-0.3, -0.25) is 24.5 Å². The Morgan fingerprint density at radius 2 is 0.906 bits per heavy atom. The zero-order valence-electron chi connectivity index (χ0n) is 79.0. The van der Waals surface area contributed by atoms with Gasteiger partial charge in [0.15, 0.2) is 0 Å². The van der Waals surface area contributed by atoms with Crippen molar-refractivity contribution in [2.75, 3.05) is 0 Å². The quantitative estimate of drug-likeness (QED) is 0.0243. The number of aryl methyl sites for hydroxylation is 2. The minimum Gasteiger partial charge on any atom is -0.466 e. The van der Waals surface area contributed by atoms with E-state index in [0.29, 0.717) is 58.1 Å². The number of rotatable bonds is 19. The van der Waals surface area contributed by atoms with Crippen molar-refractivity contribution >= 4 is 89.9 Å². The molecule has 25 rings (SSSR count). The van der Waals surface area contributed by atoms with Gasteiger partial charge in [-0.2, -0.15) is 26.5 Å². The molecule has 0 saturated carbocycles. The molecule has 27 heteroatoms. The van der Waals surface area contributed by atoms with E-state index in [9.17, 15) is 0 Å². The third kappa shape index (κ3) is 25.7. The first-order valence-electron chi connectivity index (χ1n) is 46.1. The molecule has 12 heterocycles. The number of ether oxygens (including phenoxy) is 3. The number of halogens is 3. The van der Waals surface area contributed by atoms with E-state index in [1.165, 1.54) is 16.3 Å².